The van der Waals surface area contributed by atoms with Crippen LogP contribution in [-0.4, -0.2) is 49.1 Å². The van der Waals surface area contributed by atoms with E-state index in [9.17, 15) is 19.7 Å². The topological polar surface area (TPSA) is 99.0 Å². The molecule has 1 aliphatic rings. The minimum atomic E-state index is -0.637. The van der Waals surface area contributed by atoms with Crippen molar-refractivity contribution in [3.63, 3.8) is 0 Å². The molecule has 1 aliphatic heterocycles. The number of non-ortho nitro benzene ring substituents is 1. The summed E-state index contributed by atoms with van der Waals surface area (Å²) >= 11 is 0. The van der Waals surface area contributed by atoms with Crippen LogP contribution in [0.25, 0.3) is 6.08 Å². The number of hydrogen-bond donors (Lipinski definition) is 0. The minimum Gasteiger partial charge on any atom is -0.465 e. The van der Waals surface area contributed by atoms with E-state index in [2.05, 4.69) is 0 Å². The molecule has 8 heteroatoms. The van der Waals surface area contributed by atoms with E-state index in [-0.39, 0.29) is 29.3 Å². The van der Waals surface area contributed by atoms with Crippen LogP contribution in [0.3, 0.4) is 0 Å². The van der Waals surface area contributed by atoms with Gasteiger partial charge >= 0.3 is 5.97 Å². The van der Waals surface area contributed by atoms with E-state index >= 15 is 0 Å². The van der Waals surface area contributed by atoms with Gasteiger partial charge in [0.05, 0.1) is 29.8 Å². The van der Waals surface area contributed by atoms with Gasteiger partial charge < -0.3 is 14.4 Å². The van der Waals surface area contributed by atoms with Crippen LogP contribution < -0.4 is 0 Å². The third-order valence-electron chi connectivity index (χ3n) is 3.81. The van der Waals surface area contributed by atoms with Crippen molar-refractivity contribution >= 4 is 23.6 Å². The first kappa shape index (κ1) is 18.3. The Kier molecular flexibility index (Phi) is 5.66. The maximum atomic E-state index is 12.7. The number of nitro benzene ring substituents is 1. The summed E-state index contributed by atoms with van der Waals surface area (Å²) in [4.78, 5) is 36.6. The highest BCUT2D eigenvalue weighted by molar-refractivity contribution is 6.16. The Morgan fingerprint density at radius 3 is 2.68 bits per heavy atom. The number of ether oxygens (including phenoxy) is 2. The molecule has 0 radical (unpaired) electrons. The number of carbonyl (C=O) groups excluding carboxylic acids is 2. The largest absolute Gasteiger partial charge is 0.465 e. The Morgan fingerprint density at radius 2 is 2.08 bits per heavy atom. The Morgan fingerprint density at radius 1 is 1.36 bits per heavy atom. The molecule has 0 unspecified atom stereocenters. The molecule has 0 spiro atoms. The molecule has 0 atom stereocenters. The summed E-state index contributed by atoms with van der Waals surface area (Å²) in [6.45, 7) is 2.24. The van der Waals surface area contributed by atoms with Crippen molar-refractivity contribution in [3.8, 4) is 0 Å². The summed E-state index contributed by atoms with van der Waals surface area (Å²) < 4.78 is 9.77. The molecule has 0 N–H and O–H groups in total. The molecule has 2 rings (SSSR count). The molecule has 0 fully saturated rings. The van der Waals surface area contributed by atoms with Gasteiger partial charge in [-0.15, -0.1) is 0 Å². The van der Waals surface area contributed by atoms with Gasteiger partial charge in [0, 0.05) is 31.5 Å². The average Bonchev–Trinajstić information content (AvgIpc) is 2.83. The highest BCUT2D eigenvalue weighted by atomic mass is 16.6. The Hall–Kier alpha value is -3.00. The summed E-state index contributed by atoms with van der Waals surface area (Å²) in [5, 5.41) is 10.9. The van der Waals surface area contributed by atoms with Crippen LogP contribution in [0.2, 0.25) is 0 Å². The molecule has 0 aliphatic carbocycles. The van der Waals surface area contributed by atoms with Gasteiger partial charge in [-0.25, -0.2) is 4.79 Å². The molecule has 25 heavy (non-hydrogen) atoms. The zero-order valence-electron chi connectivity index (χ0n) is 14.1. The SMILES string of the molecule is COCCN1C(=O)C(=Cc2cccc([N+](=O)[O-])c2)C(C(=O)OC)=C1C. The number of rotatable bonds is 6. The highest BCUT2D eigenvalue weighted by Crippen LogP contribution is 2.31. The standard InChI is InChI=1S/C17H18N2O6/c1-11-15(17(21)25-3)14(16(20)18(11)7-8-24-2)10-12-5-4-6-13(9-12)19(22)23/h4-6,9-10H,7-8H2,1-3H3. The van der Waals surface area contributed by atoms with E-state index in [0.29, 0.717) is 17.9 Å². The number of nitrogens with zero attached hydrogens (tertiary/aromatic N) is 2. The number of allylic oxidation sites excluding steroid dienone is 1. The number of carbonyl (C=O) groups is 2. The van der Waals surface area contributed by atoms with Gasteiger partial charge in [0.25, 0.3) is 11.6 Å². The van der Waals surface area contributed by atoms with Crippen molar-refractivity contribution in [1.29, 1.82) is 0 Å². The van der Waals surface area contributed by atoms with E-state index in [4.69, 9.17) is 9.47 Å². The number of esters is 1. The van der Waals surface area contributed by atoms with E-state index in [1.807, 2.05) is 0 Å². The van der Waals surface area contributed by atoms with Crippen LogP contribution in [0.15, 0.2) is 41.1 Å². The van der Waals surface area contributed by atoms with E-state index in [1.54, 1.807) is 13.0 Å². The molecule has 0 aromatic heterocycles. The lowest BCUT2D eigenvalue weighted by Crippen LogP contribution is -2.28. The van der Waals surface area contributed by atoms with Crippen molar-refractivity contribution in [1.82, 2.24) is 4.90 Å². The normalized spacial score (nSPS) is 15.9. The summed E-state index contributed by atoms with van der Waals surface area (Å²) in [6, 6.07) is 5.82. The lowest BCUT2D eigenvalue weighted by Gasteiger charge is -2.16. The first-order chi connectivity index (χ1) is 11.9. The fraction of sp³-hybridized carbons (Fsp3) is 0.294. The first-order valence-corrected chi connectivity index (χ1v) is 7.47. The van der Waals surface area contributed by atoms with E-state index in [1.165, 1.54) is 43.4 Å². The smallest absolute Gasteiger partial charge is 0.340 e. The third-order valence-corrected chi connectivity index (χ3v) is 3.81. The predicted octanol–water partition coefficient (Wildman–Crippen LogP) is 1.91. The van der Waals surface area contributed by atoms with Gasteiger partial charge in [-0.1, -0.05) is 12.1 Å². The van der Waals surface area contributed by atoms with E-state index in [0.717, 1.165) is 0 Å². The quantitative estimate of drug-likeness (QED) is 0.338. The lowest BCUT2D eigenvalue weighted by molar-refractivity contribution is -0.384. The van der Waals surface area contributed by atoms with Crippen molar-refractivity contribution in [3.05, 3.63) is 56.8 Å². The van der Waals surface area contributed by atoms with Gasteiger partial charge in [0.2, 0.25) is 0 Å². The van der Waals surface area contributed by atoms with Crippen LogP contribution in [0.1, 0.15) is 12.5 Å². The first-order valence-electron chi connectivity index (χ1n) is 7.47. The maximum Gasteiger partial charge on any atom is 0.340 e. The molecule has 132 valence electrons. The van der Waals surface area contributed by atoms with Gasteiger partial charge in [0.1, 0.15) is 0 Å². The Balaban J connectivity index is 2.50. The number of nitro groups is 1. The van der Waals surface area contributed by atoms with Gasteiger partial charge in [0.15, 0.2) is 0 Å². The second-order valence-corrected chi connectivity index (χ2v) is 5.31. The zero-order chi connectivity index (χ0) is 18.6. The molecule has 0 saturated carbocycles. The van der Waals surface area contributed by atoms with Gasteiger partial charge in [-0.3, -0.25) is 14.9 Å². The molecular formula is C17H18N2O6. The molecule has 8 nitrogen and oxygen atoms in total. The van der Waals surface area contributed by atoms with Crippen molar-refractivity contribution in [2.24, 2.45) is 0 Å². The second kappa shape index (κ2) is 7.71. The van der Waals surface area contributed by atoms with Crippen molar-refractivity contribution < 1.29 is 24.0 Å². The van der Waals surface area contributed by atoms with Gasteiger partial charge in [-0.2, -0.15) is 0 Å². The second-order valence-electron chi connectivity index (χ2n) is 5.31. The Bertz CT molecular complexity index is 781. The molecule has 1 heterocycles. The third kappa shape index (κ3) is 3.74. The minimum absolute atomic E-state index is 0.101. The molecule has 1 aromatic carbocycles. The van der Waals surface area contributed by atoms with Gasteiger partial charge in [-0.05, 0) is 18.6 Å². The van der Waals surface area contributed by atoms with Crippen LogP contribution in [0.4, 0.5) is 5.69 Å². The van der Waals surface area contributed by atoms with E-state index < -0.39 is 10.9 Å². The average molecular weight is 346 g/mol. The number of methoxy groups -OCH3 is 2. The fourth-order valence-corrected chi connectivity index (χ4v) is 2.57. The number of amides is 1. The van der Waals surface area contributed by atoms with Crippen molar-refractivity contribution in [2.75, 3.05) is 27.4 Å². The summed E-state index contributed by atoms with van der Waals surface area (Å²) in [5.74, 6) is -1.01. The molecule has 1 amide bonds. The summed E-state index contributed by atoms with van der Waals surface area (Å²) in [6.07, 6.45) is 1.46. The lowest BCUT2D eigenvalue weighted by atomic mass is 10.0. The zero-order valence-corrected chi connectivity index (χ0v) is 14.1. The molecule has 0 saturated heterocycles. The molecular weight excluding hydrogens is 328 g/mol. The van der Waals surface area contributed by atoms with Crippen LogP contribution in [0, 0.1) is 10.1 Å². The van der Waals surface area contributed by atoms with Crippen LogP contribution in [0.5, 0.6) is 0 Å². The number of benzene rings is 1. The maximum absolute atomic E-state index is 12.7. The fourth-order valence-electron chi connectivity index (χ4n) is 2.57. The predicted molar refractivity (Wildman–Crippen MR) is 89.4 cm³/mol. The number of hydrogen-bond acceptors (Lipinski definition) is 6. The highest BCUT2D eigenvalue weighted by Gasteiger charge is 2.36. The molecule has 1 aromatic rings. The van der Waals surface area contributed by atoms with Crippen molar-refractivity contribution in [2.45, 2.75) is 6.92 Å². The summed E-state index contributed by atoms with van der Waals surface area (Å²) in [5.41, 5.74) is 1.10. The molecule has 0 bridgehead atoms. The monoisotopic (exact) mass is 346 g/mol. The van der Waals surface area contributed by atoms with Crippen LogP contribution in [-0.2, 0) is 19.1 Å². The summed E-state index contributed by atoms with van der Waals surface area (Å²) in [7, 11) is 2.75. The van der Waals surface area contributed by atoms with Crippen LogP contribution >= 0.6 is 0 Å². The Labute approximate surface area is 144 Å².